The van der Waals surface area contributed by atoms with Crippen LogP contribution in [0.5, 0.6) is 0 Å². The molecule has 0 fully saturated rings. The SMILES string of the molecule is CC(C)C1=CC=NC(c2ccccc2)C1. The van der Waals surface area contributed by atoms with Crippen molar-refractivity contribution in [1.82, 2.24) is 0 Å². The van der Waals surface area contributed by atoms with Crippen LogP contribution >= 0.6 is 0 Å². The van der Waals surface area contributed by atoms with Crippen molar-refractivity contribution in [2.75, 3.05) is 0 Å². The molecule has 2 rings (SSSR count). The molecule has 1 aromatic carbocycles. The van der Waals surface area contributed by atoms with Crippen LogP contribution < -0.4 is 0 Å². The van der Waals surface area contributed by atoms with E-state index in [0.29, 0.717) is 12.0 Å². The van der Waals surface area contributed by atoms with Gasteiger partial charge in [-0.2, -0.15) is 0 Å². The first-order valence-electron chi connectivity index (χ1n) is 5.54. The number of nitrogens with zero attached hydrogens (tertiary/aromatic N) is 1. The second-order valence-electron chi connectivity index (χ2n) is 4.33. The van der Waals surface area contributed by atoms with Gasteiger partial charge in [0, 0.05) is 6.21 Å². The van der Waals surface area contributed by atoms with E-state index in [1.807, 2.05) is 6.21 Å². The van der Waals surface area contributed by atoms with Crippen molar-refractivity contribution in [2.24, 2.45) is 10.9 Å². The lowest BCUT2D eigenvalue weighted by atomic mass is 9.91. The van der Waals surface area contributed by atoms with E-state index in [-0.39, 0.29) is 0 Å². The third-order valence-corrected chi connectivity index (χ3v) is 2.91. The molecule has 0 radical (unpaired) electrons. The molecule has 0 N–H and O–H groups in total. The van der Waals surface area contributed by atoms with Crippen LogP contribution in [0, 0.1) is 5.92 Å². The van der Waals surface area contributed by atoms with Gasteiger partial charge in [-0.25, -0.2) is 0 Å². The summed E-state index contributed by atoms with van der Waals surface area (Å²) in [5, 5.41) is 0. The minimum Gasteiger partial charge on any atom is -0.285 e. The Labute approximate surface area is 91.6 Å². The highest BCUT2D eigenvalue weighted by atomic mass is 14.8. The van der Waals surface area contributed by atoms with Crippen LogP contribution in [0.1, 0.15) is 31.9 Å². The topological polar surface area (TPSA) is 12.4 Å². The highest BCUT2D eigenvalue weighted by molar-refractivity contribution is 5.73. The number of hydrogen-bond acceptors (Lipinski definition) is 1. The first-order valence-corrected chi connectivity index (χ1v) is 5.54. The van der Waals surface area contributed by atoms with Crippen molar-refractivity contribution < 1.29 is 0 Å². The van der Waals surface area contributed by atoms with Gasteiger partial charge < -0.3 is 0 Å². The number of rotatable bonds is 2. The van der Waals surface area contributed by atoms with E-state index < -0.39 is 0 Å². The maximum Gasteiger partial charge on any atom is 0.0786 e. The minimum absolute atomic E-state index is 0.327. The summed E-state index contributed by atoms with van der Waals surface area (Å²) in [5.74, 6) is 0.628. The van der Waals surface area contributed by atoms with Crippen LogP contribution in [0.15, 0.2) is 47.0 Å². The van der Waals surface area contributed by atoms with Gasteiger partial charge in [-0.05, 0) is 24.0 Å². The summed E-state index contributed by atoms with van der Waals surface area (Å²) < 4.78 is 0. The zero-order chi connectivity index (χ0) is 10.7. The van der Waals surface area contributed by atoms with Crippen LogP contribution in [0.3, 0.4) is 0 Å². The number of allylic oxidation sites excluding steroid dienone is 1. The van der Waals surface area contributed by atoms with Gasteiger partial charge in [-0.15, -0.1) is 0 Å². The molecular weight excluding hydrogens is 182 g/mol. The first kappa shape index (κ1) is 10.2. The molecule has 1 unspecified atom stereocenters. The molecule has 1 nitrogen and oxygen atoms in total. The summed E-state index contributed by atoms with van der Waals surface area (Å²) in [4.78, 5) is 4.53. The van der Waals surface area contributed by atoms with E-state index in [2.05, 4.69) is 55.2 Å². The molecular formula is C14H17N. The van der Waals surface area contributed by atoms with Crippen molar-refractivity contribution in [1.29, 1.82) is 0 Å². The van der Waals surface area contributed by atoms with Gasteiger partial charge in [0.2, 0.25) is 0 Å². The fourth-order valence-corrected chi connectivity index (χ4v) is 1.89. The van der Waals surface area contributed by atoms with Gasteiger partial charge in [0.15, 0.2) is 0 Å². The molecule has 15 heavy (non-hydrogen) atoms. The van der Waals surface area contributed by atoms with Gasteiger partial charge in [-0.1, -0.05) is 49.8 Å². The summed E-state index contributed by atoms with van der Waals surface area (Å²) in [7, 11) is 0. The summed E-state index contributed by atoms with van der Waals surface area (Å²) in [5.41, 5.74) is 2.82. The van der Waals surface area contributed by atoms with E-state index in [4.69, 9.17) is 0 Å². The van der Waals surface area contributed by atoms with Gasteiger partial charge in [0.05, 0.1) is 6.04 Å². The smallest absolute Gasteiger partial charge is 0.0786 e. The lowest BCUT2D eigenvalue weighted by Crippen LogP contribution is -2.06. The Balaban J connectivity index is 2.16. The highest BCUT2D eigenvalue weighted by Gasteiger charge is 2.15. The number of benzene rings is 1. The molecule has 1 heteroatoms. The van der Waals surface area contributed by atoms with Crippen molar-refractivity contribution in [3.05, 3.63) is 47.5 Å². The van der Waals surface area contributed by atoms with Gasteiger partial charge >= 0.3 is 0 Å². The van der Waals surface area contributed by atoms with Crippen molar-refractivity contribution in [2.45, 2.75) is 26.3 Å². The van der Waals surface area contributed by atoms with Crippen molar-refractivity contribution in [3.63, 3.8) is 0 Å². The predicted molar refractivity (Wildman–Crippen MR) is 65.2 cm³/mol. The van der Waals surface area contributed by atoms with E-state index in [1.165, 1.54) is 11.1 Å². The molecule has 0 saturated carbocycles. The Morgan fingerprint density at radius 3 is 2.60 bits per heavy atom. The second-order valence-corrected chi connectivity index (χ2v) is 4.33. The van der Waals surface area contributed by atoms with E-state index in [1.54, 1.807) is 0 Å². The summed E-state index contributed by atoms with van der Waals surface area (Å²) in [6, 6.07) is 10.9. The molecule has 0 aromatic heterocycles. The van der Waals surface area contributed by atoms with E-state index >= 15 is 0 Å². The Kier molecular flexibility index (Phi) is 3.00. The Hall–Kier alpha value is -1.37. The molecule has 1 aliphatic heterocycles. The van der Waals surface area contributed by atoms with Crippen LogP contribution in [0.25, 0.3) is 0 Å². The third kappa shape index (κ3) is 2.35. The molecule has 1 heterocycles. The van der Waals surface area contributed by atoms with Crippen LogP contribution in [-0.4, -0.2) is 6.21 Å². The Bertz CT molecular complexity index is 374. The summed E-state index contributed by atoms with van der Waals surface area (Å²) in [6.45, 7) is 4.49. The van der Waals surface area contributed by atoms with Crippen LogP contribution in [0.4, 0.5) is 0 Å². The first-order chi connectivity index (χ1) is 7.27. The summed E-state index contributed by atoms with van der Waals surface area (Å²) in [6.07, 6.45) is 5.18. The fourth-order valence-electron chi connectivity index (χ4n) is 1.89. The second kappa shape index (κ2) is 4.43. The molecule has 0 aliphatic carbocycles. The predicted octanol–water partition coefficient (Wildman–Crippen LogP) is 3.78. The Morgan fingerprint density at radius 1 is 1.20 bits per heavy atom. The van der Waals surface area contributed by atoms with Crippen molar-refractivity contribution >= 4 is 6.21 Å². The number of dihydropyridines is 1. The molecule has 0 saturated heterocycles. The molecule has 0 bridgehead atoms. The molecule has 0 amide bonds. The average molecular weight is 199 g/mol. The van der Waals surface area contributed by atoms with E-state index in [9.17, 15) is 0 Å². The standard InChI is InChI=1S/C14H17N/c1-11(2)13-8-9-15-14(10-13)12-6-4-3-5-7-12/h3-9,11,14H,10H2,1-2H3. The van der Waals surface area contributed by atoms with Gasteiger partial charge in [-0.3, -0.25) is 4.99 Å². The molecule has 0 spiro atoms. The summed E-state index contributed by atoms with van der Waals surface area (Å²) >= 11 is 0. The molecule has 78 valence electrons. The monoisotopic (exact) mass is 199 g/mol. The maximum absolute atomic E-state index is 4.53. The Morgan fingerprint density at radius 2 is 1.93 bits per heavy atom. The van der Waals surface area contributed by atoms with E-state index in [0.717, 1.165) is 6.42 Å². The number of hydrogen-bond donors (Lipinski definition) is 0. The normalized spacial score (nSPS) is 20.5. The van der Waals surface area contributed by atoms with Crippen molar-refractivity contribution in [3.8, 4) is 0 Å². The lowest BCUT2D eigenvalue weighted by Gasteiger charge is -2.20. The minimum atomic E-state index is 0.327. The van der Waals surface area contributed by atoms with Crippen LogP contribution in [-0.2, 0) is 0 Å². The van der Waals surface area contributed by atoms with Gasteiger partial charge in [0.1, 0.15) is 0 Å². The highest BCUT2D eigenvalue weighted by Crippen LogP contribution is 2.30. The quantitative estimate of drug-likeness (QED) is 0.687. The maximum atomic E-state index is 4.53. The van der Waals surface area contributed by atoms with Crippen LogP contribution in [0.2, 0.25) is 0 Å². The lowest BCUT2D eigenvalue weighted by molar-refractivity contribution is 0.631. The zero-order valence-corrected chi connectivity index (χ0v) is 9.35. The molecule has 1 atom stereocenters. The largest absolute Gasteiger partial charge is 0.285 e. The van der Waals surface area contributed by atoms with Gasteiger partial charge in [0.25, 0.3) is 0 Å². The fraction of sp³-hybridized carbons (Fsp3) is 0.357. The zero-order valence-electron chi connectivity index (χ0n) is 9.35. The third-order valence-electron chi connectivity index (χ3n) is 2.91. The number of aliphatic imine (C=N–C) groups is 1. The average Bonchev–Trinajstić information content (AvgIpc) is 2.30. The molecule has 1 aromatic rings. The molecule has 1 aliphatic rings.